The Hall–Kier alpha value is -2.91. The lowest BCUT2D eigenvalue weighted by atomic mass is 10.2. The third-order valence-electron chi connectivity index (χ3n) is 4.16. The van der Waals surface area contributed by atoms with Crippen molar-refractivity contribution < 1.29 is 17.9 Å². The van der Waals surface area contributed by atoms with Crippen molar-refractivity contribution >= 4 is 32.7 Å². The van der Waals surface area contributed by atoms with E-state index >= 15 is 0 Å². The Kier molecular flexibility index (Phi) is 3.89. The van der Waals surface area contributed by atoms with E-state index in [1.54, 1.807) is 24.5 Å². The van der Waals surface area contributed by atoms with Gasteiger partial charge in [-0.15, -0.1) is 0 Å². The van der Waals surface area contributed by atoms with Crippen LogP contribution in [0.1, 0.15) is 5.56 Å². The zero-order valence-corrected chi connectivity index (χ0v) is 14.5. The Labute approximate surface area is 149 Å². The zero-order valence-electron chi connectivity index (χ0n) is 13.7. The van der Waals surface area contributed by atoms with Crippen LogP contribution in [0.4, 0.5) is 5.69 Å². The molecule has 0 fully saturated rings. The summed E-state index contributed by atoms with van der Waals surface area (Å²) in [5.74, 6) is 0.0458. The number of benzene rings is 1. The van der Waals surface area contributed by atoms with E-state index < -0.39 is 10.0 Å². The van der Waals surface area contributed by atoms with Crippen LogP contribution in [0, 0.1) is 0 Å². The normalized spacial score (nSPS) is 14.0. The number of anilines is 1. The molecule has 1 amide bonds. The van der Waals surface area contributed by atoms with Crippen LogP contribution in [-0.2, 0) is 21.2 Å². The van der Waals surface area contributed by atoms with Crippen molar-refractivity contribution in [2.75, 3.05) is 18.5 Å². The number of pyridine rings is 1. The number of carbonyl (C=O) groups excluding carboxylic acids is 1. The molecule has 26 heavy (non-hydrogen) atoms. The van der Waals surface area contributed by atoms with Gasteiger partial charge >= 0.3 is 0 Å². The minimum atomic E-state index is -3.87. The molecule has 2 aromatic heterocycles. The number of nitrogens with one attached hydrogen (secondary N) is 1. The first-order chi connectivity index (χ1) is 12.5. The molecule has 3 aromatic rings. The Morgan fingerprint density at radius 2 is 2.15 bits per heavy atom. The van der Waals surface area contributed by atoms with Gasteiger partial charge in [-0.25, -0.2) is 12.4 Å². The van der Waals surface area contributed by atoms with Gasteiger partial charge in [0.1, 0.15) is 5.75 Å². The lowest BCUT2D eigenvalue weighted by molar-refractivity contribution is -0.118. The quantitative estimate of drug-likeness (QED) is 0.708. The number of carbonyl (C=O) groups is 1. The number of nitrogens with two attached hydrogens (primary N) is 1. The number of fused-ring (bicyclic) bond motifs is 2. The van der Waals surface area contributed by atoms with Gasteiger partial charge < -0.3 is 15.8 Å². The van der Waals surface area contributed by atoms with Gasteiger partial charge in [0.2, 0.25) is 0 Å². The van der Waals surface area contributed by atoms with Crippen molar-refractivity contribution in [1.82, 2.24) is 8.96 Å². The lowest BCUT2D eigenvalue weighted by Crippen LogP contribution is -2.25. The Morgan fingerprint density at radius 1 is 1.31 bits per heavy atom. The second kappa shape index (κ2) is 6.11. The topological polar surface area (TPSA) is 116 Å². The molecule has 0 bridgehead atoms. The fourth-order valence-electron chi connectivity index (χ4n) is 2.96. The number of amides is 1. The number of aromatic nitrogens is 2. The molecule has 3 N–H and O–H groups in total. The molecule has 4 rings (SSSR count). The third kappa shape index (κ3) is 2.61. The van der Waals surface area contributed by atoms with Crippen LogP contribution < -0.4 is 15.8 Å². The largest absolute Gasteiger partial charge is 0.482 e. The van der Waals surface area contributed by atoms with Crippen molar-refractivity contribution in [2.45, 2.75) is 11.3 Å². The molecule has 8 nitrogen and oxygen atoms in total. The fraction of sp³-hybridized carbons (Fsp3) is 0.176. The van der Waals surface area contributed by atoms with Gasteiger partial charge in [-0.2, -0.15) is 0 Å². The average molecular weight is 372 g/mol. The van der Waals surface area contributed by atoms with Crippen LogP contribution in [-0.4, -0.2) is 36.4 Å². The SMILES string of the molecule is NCCc1cn(S(=O)(=O)c2ccc3c(c2)OCC(=O)N3)c2cccnc12. The highest BCUT2D eigenvalue weighted by Gasteiger charge is 2.24. The molecule has 134 valence electrons. The fourth-order valence-corrected chi connectivity index (χ4v) is 4.36. The summed E-state index contributed by atoms with van der Waals surface area (Å²) in [5, 5.41) is 2.64. The van der Waals surface area contributed by atoms with Crippen LogP contribution >= 0.6 is 0 Å². The summed E-state index contributed by atoms with van der Waals surface area (Å²) in [7, 11) is -3.87. The van der Waals surface area contributed by atoms with E-state index in [4.69, 9.17) is 10.5 Å². The minimum Gasteiger partial charge on any atom is -0.482 e. The van der Waals surface area contributed by atoms with E-state index in [1.807, 2.05) is 0 Å². The van der Waals surface area contributed by atoms with Crippen molar-refractivity contribution in [1.29, 1.82) is 0 Å². The van der Waals surface area contributed by atoms with Crippen molar-refractivity contribution in [3.8, 4) is 5.75 Å². The highest BCUT2D eigenvalue weighted by atomic mass is 32.2. The first-order valence-corrected chi connectivity index (χ1v) is 9.42. The van der Waals surface area contributed by atoms with Gasteiger partial charge in [-0.05, 0) is 42.8 Å². The molecule has 0 radical (unpaired) electrons. The Bertz CT molecular complexity index is 1120. The molecular weight excluding hydrogens is 356 g/mol. The van der Waals surface area contributed by atoms with Gasteiger partial charge in [0.15, 0.2) is 6.61 Å². The Balaban J connectivity index is 1.85. The van der Waals surface area contributed by atoms with Crippen molar-refractivity contribution in [2.24, 2.45) is 5.73 Å². The summed E-state index contributed by atoms with van der Waals surface area (Å²) in [6.45, 7) is 0.246. The van der Waals surface area contributed by atoms with Crippen LogP contribution in [0.15, 0.2) is 47.6 Å². The van der Waals surface area contributed by atoms with Gasteiger partial charge in [-0.3, -0.25) is 9.78 Å². The van der Waals surface area contributed by atoms with E-state index in [-0.39, 0.29) is 17.4 Å². The van der Waals surface area contributed by atoms with Crippen LogP contribution in [0.3, 0.4) is 0 Å². The van der Waals surface area contributed by atoms with Gasteiger partial charge in [0, 0.05) is 18.5 Å². The van der Waals surface area contributed by atoms with Crippen LogP contribution in [0.5, 0.6) is 5.75 Å². The first kappa shape index (κ1) is 16.6. The molecule has 3 heterocycles. The number of hydrogen-bond acceptors (Lipinski definition) is 6. The van der Waals surface area contributed by atoms with Crippen molar-refractivity contribution in [3.05, 3.63) is 48.3 Å². The summed E-state index contributed by atoms with van der Waals surface area (Å²) in [6.07, 6.45) is 3.70. The molecule has 0 aliphatic carbocycles. The lowest BCUT2D eigenvalue weighted by Gasteiger charge is -2.18. The van der Waals surface area contributed by atoms with E-state index in [0.717, 1.165) is 5.56 Å². The minimum absolute atomic E-state index is 0.0625. The molecule has 0 unspecified atom stereocenters. The second-order valence-electron chi connectivity index (χ2n) is 5.86. The number of ether oxygens (including phenoxy) is 1. The smallest absolute Gasteiger partial charge is 0.268 e. The second-order valence-corrected chi connectivity index (χ2v) is 7.67. The predicted molar refractivity (Wildman–Crippen MR) is 95.6 cm³/mol. The number of rotatable bonds is 4. The summed E-state index contributed by atoms with van der Waals surface area (Å²) >= 11 is 0. The third-order valence-corrected chi connectivity index (χ3v) is 5.83. The van der Waals surface area contributed by atoms with E-state index in [9.17, 15) is 13.2 Å². The zero-order chi connectivity index (χ0) is 18.3. The summed E-state index contributed by atoms with van der Waals surface area (Å²) in [5.41, 5.74) is 7.95. The molecule has 1 aliphatic rings. The highest BCUT2D eigenvalue weighted by molar-refractivity contribution is 7.90. The predicted octanol–water partition coefficient (Wildman–Crippen LogP) is 1.11. The molecule has 9 heteroatoms. The van der Waals surface area contributed by atoms with Gasteiger partial charge in [0.05, 0.1) is 21.6 Å². The average Bonchev–Trinajstić information content (AvgIpc) is 3.01. The van der Waals surface area contributed by atoms with E-state index in [2.05, 4.69) is 10.3 Å². The monoisotopic (exact) mass is 372 g/mol. The highest BCUT2D eigenvalue weighted by Crippen LogP contribution is 2.32. The molecule has 1 aliphatic heterocycles. The van der Waals surface area contributed by atoms with Crippen molar-refractivity contribution in [3.63, 3.8) is 0 Å². The molecule has 0 saturated heterocycles. The molecular formula is C17H16N4O4S. The summed E-state index contributed by atoms with van der Waals surface area (Å²) in [4.78, 5) is 15.7. The maximum atomic E-state index is 13.2. The first-order valence-electron chi connectivity index (χ1n) is 7.98. The van der Waals surface area contributed by atoms with Crippen LogP contribution in [0.2, 0.25) is 0 Å². The Morgan fingerprint density at radius 3 is 2.96 bits per heavy atom. The number of nitrogens with zero attached hydrogens (tertiary/aromatic N) is 2. The van der Waals surface area contributed by atoms with Gasteiger partial charge in [-0.1, -0.05) is 0 Å². The summed E-state index contributed by atoms with van der Waals surface area (Å²) in [6, 6.07) is 7.76. The van der Waals surface area contributed by atoms with Crippen LogP contribution in [0.25, 0.3) is 11.0 Å². The maximum Gasteiger partial charge on any atom is 0.268 e. The number of hydrogen-bond donors (Lipinski definition) is 2. The summed E-state index contributed by atoms with van der Waals surface area (Å²) < 4.78 is 32.9. The molecule has 1 aromatic carbocycles. The van der Waals surface area contributed by atoms with E-state index in [1.165, 1.54) is 22.2 Å². The maximum absolute atomic E-state index is 13.2. The molecule has 0 spiro atoms. The van der Waals surface area contributed by atoms with E-state index in [0.29, 0.717) is 35.4 Å². The van der Waals surface area contributed by atoms with Gasteiger partial charge in [0.25, 0.3) is 15.9 Å². The standard InChI is InChI=1S/C17H16N4O4S/c18-6-5-11-9-21(14-2-1-7-19-17(11)14)26(23,24)12-3-4-13-15(8-12)25-10-16(22)20-13/h1-4,7-9H,5-6,10,18H2,(H,20,22). The molecule has 0 saturated carbocycles. The molecule has 0 atom stereocenters.